The van der Waals surface area contributed by atoms with Gasteiger partial charge >= 0.3 is 0 Å². The lowest BCUT2D eigenvalue weighted by Crippen LogP contribution is -2.24. The number of benzene rings is 1. The Balaban J connectivity index is 3.12. The summed E-state index contributed by atoms with van der Waals surface area (Å²) in [6.45, 7) is 4.09. The maximum atomic E-state index is 9.73. The molecule has 0 aromatic heterocycles. The molecule has 1 N–H and O–H groups in total. The largest absolute Gasteiger partial charge is 0.389 e. The van der Waals surface area contributed by atoms with E-state index >= 15 is 0 Å². The Morgan fingerprint density at radius 2 is 2.00 bits per heavy atom. The zero-order valence-corrected chi connectivity index (χ0v) is 10.9. The van der Waals surface area contributed by atoms with Crippen molar-refractivity contribution in [2.75, 3.05) is 18.5 Å². The first-order valence-corrected chi connectivity index (χ1v) is 5.82. The average molecular weight is 243 g/mol. The molecule has 0 radical (unpaired) electrons. The second-order valence-corrected chi connectivity index (χ2v) is 4.47. The lowest BCUT2D eigenvalue weighted by molar-refractivity contribution is 0.199. The minimum absolute atomic E-state index is 0.109. The van der Waals surface area contributed by atoms with Crippen LogP contribution in [-0.4, -0.2) is 18.7 Å². The highest BCUT2D eigenvalue weighted by Gasteiger charge is 2.14. The third-order valence-corrected chi connectivity index (χ3v) is 2.79. The highest BCUT2D eigenvalue weighted by molar-refractivity contribution is 5.58. The Morgan fingerprint density at radius 1 is 1.33 bits per heavy atom. The van der Waals surface area contributed by atoms with Crippen LogP contribution in [0.2, 0.25) is 0 Å². The summed E-state index contributed by atoms with van der Waals surface area (Å²) < 4.78 is 0. The van der Waals surface area contributed by atoms with E-state index in [-0.39, 0.29) is 5.92 Å². The van der Waals surface area contributed by atoms with Crippen LogP contribution in [-0.2, 0) is 0 Å². The zero-order chi connectivity index (χ0) is 13.7. The van der Waals surface area contributed by atoms with Gasteiger partial charge in [0.15, 0.2) is 0 Å². The molecule has 0 amide bonds. The van der Waals surface area contributed by atoms with Crippen LogP contribution in [0.25, 0.3) is 0 Å². The van der Waals surface area contributed by atoms with E-state index in [0.29, 0.717) is 12.1 Å². The molecule has 2 atom stereocenters. The highest BCUT2D eigenvalue weighted by Crippen LogP contribution is 2.27. The molecule has 1 aromatic carbocycles. The minimum Gasteiger partial charge on any atom is -0.389 e. The summed E-state index contributed by atoms with van der Waals surface area (Å²) in [7, 11) is 1.86. The van der Waals surface area contributed by atoms with Gasteiger partial charge in [-0.15, -0.1) is 0 Å². The van der Waals surface area contributed by atoms with Crippen molar-refractivity contribution >= 4 is 5.69 Å². The quantitative estimate of drug-likeness (QED) is 0.880. The third kappa shape index (κ3) is 3.23. The molecule has 0 aliphatic heterocycles. The van der Waals surface area contributed by atoms with Crippen LogP contribution in [0.4, 0.5) is 5.69 Å². The first-order chi connectivity index (χ1) is 8.49. The molecule has 4 nitrogen and oxygen atoms in total. The molecule has 18 heavy (non-hydrogen) atoms. The van der Waals surface area contributed by atoms with Crippen LogP contribution >= 0.6 is 0 Å². The third-order valence-electron chi connectivity index (χ3n) is 2.79. The molecule has 2 unspecified atom stereocenters. The Labute approximate surface area is 108 Å². The van der Waals surface area contributed by atoms with Gasteiger partial charge in [0.2, 0.25) is 0 Å². The molecule has 4 heteroatoms. The summed E-state index contributed by atoms with van der Waals surface area (Å²) >= 11 is 0. The van der Waals surface area contributed by atoms with E-state index in [2.05, 4.69) is 12.1 Å². The van der Waals surface area contributed by atoms with E-state index in [9.17, 15) is 5.11 Å². The van der Waals surface area contributed by atoms with Gasteiger partial charge in [0.25, 0.3) is 0 Å². The van der Waals surface area contributed by atoms with E-state index in [4.69, 9.17) is 10.5 Å². The van der Waals surface area contributed by atoms with Crippen LogP contribution in [0.3, 0.4) is 0 Å². The van der Waals surface area contributed by atoms with Crippen LogP contribution in [0.5, 0.6) is 0 Å². The maximum absolute atomic E-state index is 9.73. The summed E-state index contributed by atoms with van der Waals surface area (Å²) in [5.41, 5.74) is 2.11. The SMILES string of the molecule is CC(C#N)CN(C)c1cc(C#N)ccc1C(C)O. The van der Waals surface area contributed by atoms with Gasteiger partial charge in [0, 0.05) is 24.8 Å². The summed E-state index contributed by atoms with van der Waals surface area (Å²) in [5, 5.41) is 27.5. The van der Waals surface area contributed by atoms with Gasteiger partial charge in [0.05, 0.1) is 29.7 Å². The number of aliphatic hydroxyl groups is 1. The van der Waals surface area contributed by atoms with Crippen LogP contribution < -0.4 is 4.90 Å². The van der Waals surface area contributed by atoms with E-state index in [1.54, 1.807) is 25.1 Å². The van der Waals surface area contributed by atoms with Gasteiger partial charge in [-0.1, -0.05) is 6.07 Å². The second-order valence-electron chi connectivity index (χ2n) is 4.47. The predicted octanol–water partition coefficient (Wildman–Crippen LogP) is 2.21. The number of nitriles is 2. The van der Waals surface area contributed by atoms with Crippen molar-refractivity contribution in [1.29, 1.82) is 10.5 Å². The van der Waals surface area contributed by atoms with Gasteiger partial charge in [-0.25, -0.2) is 0 Å². The molecule has 94 valence electrons. The van der Waals surface area contributed by atoms with Crippen LogP contribution in [0.1, 0.15) is 31.1 Å². The van der Waals surface area contributed by atoms with Crippen molar-refractivity contribution in [3.63, 3.8) is 0 Å². The summed E-state index contributed by atoms with van der Waals surface area (Å²) in [6.07, 6.45) is -0.604. The Morgan fingerprint density at radius 3 is 2.50 bits per heavy atom. The zero-order valence-electron chi connectivity index (χ0n) is 10.9. The molecule has 0 heterocycles. The molecule has 1 rings (SSSR count). The van der Waals surface area contributed by atoms with Crippen molar-refractivity contribution < 1.29 is 5.11 Å². The van der Waals surface area contributed by atoms with Gasteiger partial charge in [-0.05, 0) is 26.0 Å². The Kier molecular flexibility index (Phi) is 4.71. The van der Waals surface area contributed by atoms with Gasteiger partial charge < -0.3 is 10.0 Å². The summed E-state index contributed by atoms with van der Waals surface area (Å²) in [5.74, 6) is -0.109. The topological polar surface area (TPSA) is 71.0 Å². The smallest absolute Gasteiger partial charge is 0.0992 e. The van der Waals surface area contributed by atoms with Crippen LogP contribution in [0.15, 0.2) is 18.2 Å². The first-order valence-electron chi connectivity index (χ1n) is 5.82. The number of nitrogens with zero attached hydrogens (tertiary/aromatic N) is 3. The Bertz CT molecular complexity index is 497. The molecular formula is C14H17N3O. The van der Waals surface area contributed by atoms with E-state index in [0.717, 1.165) is 11.3 Å². The lowest BCUT2D eigenvalue weighted by Gasteiger charge is -2.24. The number of hydrogen-bond acceptors (Lipinski definition) is 4. The van der Waals surface area contributed by atoms with E-state index < -0.39 is 6.10 Å². The fraction of sp³-hybridized carbons (Fsp3) is 0.429. The molecule has 0 saturated carbocycles. The van der Waals surface area contributed by atoms with Crippen molar-refractivity contribution in [3.05, 3.63) is 29.3 Å². The van der Waals surface area contributed by atoms with Crippen LogP contribution in [0, 0.1) is 28.6 Å². The monoisotopic (exact) mass is 243 g/mol. The van der Waals surface area contributed by atoms with Gasteiger partial charge in [-0.3, -0.25) is 0 Å². The second kappa shape index (κ2) is 6.05. The van der Waals surface area contributed by atoms with E-state index in [1.165, 1.54) is 0 Å². The van der Waals surface area contributed by atoms with Gasteiger partial charge in [-0.2, -0.15) is 10.5 Å². The highest BCUT2D eigenvalue weighted by atomic mass is 16.3. The normalized spacial score (nSPS) is 13.2. The fourth-order valence-corrected chi connectivity index (χ4v) is 1.85. The maximum Gasteiger partial charge on any atom is 0.0992 e. The standard InChI is InChI=1S/C14H17N3O/c1-10(7-15)9-17(3)14-6-12(8-16)4-5-13(14)11(2)18/h4-6,10-11,18H,9H2,1-3H3. The predicted molar refractivity (Wildman–Crippen MR) is 69.8 cm³/mol. The fourth-order valence-electron chi connectivity index (χ4n) is 1.85. The van der Waals surface area contributed by atoms with Crippen molar-refractivity contribution in [1.82, 2.24) is 0 Å². The lowest BCUT2D eigenvalue weighted by atomic mass is 10.0. The van der Waals surface area contributed by atoms with Crippen molar-refractivity contribution in [2.24, 2.45) is 5.92 Å². The average Bonchev–Trinajstić information content (AvgIpc) is 2.37. The molecule has 0 aliphatic rings. The molecule has 0 aliphatic carbocycles. The molecular weight excluding hydrogens is 226 g/mol. The van der Waals surface area contributed by atoms with Crippen molar-refractivity contribution in [3.8, 4) is 12.1 Å². The van der Waals surface area contributed by atoms with Gasteiger partial charge in [0.1, 0.15) is 0 Å². The molecule has 0 spiro atoms. The number of rotatable bonds is 4. The van der Waals surface area contributed by atoms with Crippen molar-refractivity contribution in [2.45, 2.75) is 20.0 Å². The number of anilines is 1. The summed E-state index contributed by atoms with van der Waals surface area (Å²) in [4.78, 5) is 1.90. The molecule has 1 aromatic rings. The van der Waals surface area contributed by atoms with E-state index in [1.807, 2.05) is 18.9 Å². The Hall–Kier alpha value is -2.04. The number of aliphatic hydroxyl groups excluding tert-OH is 1. The summed E-state index contributed by atoms with van der Waals surface area (Å²) in [6, 6.07) is 9.44. The number of hydrogen-bond donors (Lipinski definition) is 1. The molecule has 0 saturated heterocycles. The molecule has 0 bridgehead atoms. The minimum atomic E-state index is -0.604. The molecule has 0 fully saturated rings. The first kappa shape index (κ1) is 14.0.